The highest BCUT2D eigenvalue weighted by Gasteiger charge is 2.08. The third-order valence-electron chi connectivity index (χ3n) is 3.61. The molecule has 2 aromatic rings. The fraction of sp³-hybridized carbons (Fsp3) is 0.238. The lowest BCUT2D eigenvalue weighted by atomic mass is 10.2. The molecule has 0 aromatic heterocycles. The summed E-state index contributed by atoms with van der Waals surface area (Å²) in [7, 11) is 3.41. The average molecular weight is 367 g/mol. The fourth-order valence-corrected chi connectivity index (χ4v) is 2.22. The first-order valence-electron chi connectivity index (χ1n) is 8.58. The van der Waals surface area contributed by atoms with Crippen molar-refractivity contribution < 1.29 is 14.3 Å². The zero-order chi connectivity index (χ0) is 19.8. The Kier molecular flexibility index (Phi) is 7.00. The number of benzene rings is 2. The zero-order valence-corrected chi connectivity index (χ0v) is 15.9. The van der Waals surface area contributed by atoms with Crippen LogP contribution >= 0.6 is 0 Å². The van der Waals surface area contributed by atoms with Gasteiger partial charge >= 0.3 is 0 Å². The largest absolute Gasteiger partial charge is 0.489 e. The molecular formula is C21H25N3O3. The Morgan fingerprint density at radius 3 is 2.15 bits per heavy atom. The number of amides is 2. The van der Waals surface area contributed by atoms with Crippen molar-refractivity contribution in [2.45, 2.75) is 6.92 Å². The summed E-state index contributed by atoms with van der Waals surface area (Å²) in [6, 6.07) is 14.2. The minimum absolute atomic E-state index is 0.0602. The average Bonchev–Trinajstić information content (AvgIpc) is 2.65. The molecule has 0 saturated heterocycles. The summed E-state index contributed by atoms with van der Waals surface area (Å²) in [5, 5.41) is 5.85. The molecule has 6 heteroatoms. The van der Waals surface area contributed by atoms with Crippen LogP contribution in [0.1, 0.15) is 17.3 Å². The van der Waals surface area contributed by atoms with Gasteiger partial charge in [-0.3, -0.25) is 9.59 Å². The van der Waals surface area contributed by atoms with Gasteiger partial charge in [-0.15, -0.1) is 0 Å². The van der Waals surface area contributed by atoms with E-state index in [1.807, 2.05) is 6.92 Å². The van der Waals surface area contributed by atoms with E-state index in [1.54, 1.807) is 62.6 Å². The van der Waals surface area contributed by atoms with Crippen LogP contribution in [-0.2, 0) is 4.79 Å². The lowest BCUT2D eigenvalue weighted by Crippen LogP contribution is -2.22. The van der Waals surface area contributed by atoms with Gasteiger partial charge in [-0.1, -0.05) is 6.58 Å². The van der Waals surface area contributed by atoms with Gasteiger partial charge in [0.15, 0.2) is 0 Å². The number of hydrogen-bond donors (Lipinski definition) is 2. The number of nitrogens with one attached hydrogen (secondary N) is 2. The molecule has 2 aromatic carbocycles. The highest BCUT2D eigenvalue weighted by Crippen LogP contribution is 2.16. The van der Waals surface area contributed by atoms with Gasteiger partial charge in [0.05, 0.1) is 6.54 Å². The first kappa shape index (κ1) is 20.0. The van der Waals surface area contributed by atoms with Crippen LogP contribution in [0.4, 0.5) is 11.4 Å². The Hall–Kier alpha value is -3.28. The lowest BCUT2D eigenvalue weighted by molar-refractivity contribution is -0.114. The van der Waals surface area contributed by atoms with Crippen LogP contribution in [-0.4, -0.2) is 44.0 Å². The molecule has 27 heavy (non-hydrogen) atoms. The molecule has 142 valence electrons. The molecule has 0 aliphatic rings. The lowest BCUT2D eigenvalue weighted by Gasteiger charge is -2.11. The van der Waals surface area contributed by atoms with Crippen molar-refractivity contribution in [3.05, 3.63) is 66.2 Å². The Balaban J connectivity index is 1.82. The van der Waals surface area contributed by atoms with Gasteiger partial charge in [-0.05, 0) is 61.0 Å². The molecule has 2 amide bonds. The second-order valence-electron chi connectivity index (χ2n) is 6.45. The smallest absolute Gasteiger partial charge is 0.253 e. The topological polar surface area (TPSA) is 70.7 Å². The molecule has 2 N–H and O–H groups in total. The van der Waals surface area contributed by atoms with Gasteiger partial charge in [0.1, 0.15) is 12.4 Å². The second-order valence-corrected chi connectivity index (χ2v) is 6.45. The quantitative estimate of drug-likeness (QED) is 0.702. The maximum absolute atomic E-state index is 12.1. The molecule has 0 bridgehead atoms. The van der Waals surface area contributed by atoms with Gasteiger partial charge < -0.3 is 20.3 Å². The zero-order valence-electron chi connectivity index (χ0n) is 15.9. The van der Waals surface area contributed by atoms with Crippen molar-refractivity contribution in [2.75, 3.05) is 37.9 Å². The molecular weight excluding hydrogens is 342 g/mol. The van der Waals surface area contributed by atoms with Crippen LogP contribution in [0.2, 0.25) is 0 Å². The number of hydrogen-bond acceptors (Lipinski definition) is 4. The van der Waals surface area contributed by atoms with Gasteiger partial charge in [0.2, 0.25) is 5.91 Å². The van der Waals surface area contributed by atoms with E-state index in [1.165, 1.54) is 4.90 Å². The van der Waals surface area contributed by atoms with E-state index >= 15 is 0 Å². The van der Waals surface area contributed by atoms with Crippen molar-refractivity contribution in [1.29, 1.82) is 0 Å². The normalized spacial score (nSPS) is 10.0. The van der Waals surface area contributed by atoms with Crippen molar-refractivity contribution in [3.8, 4) is 5.75 Å². The van der Waals surface area contributed by atoms with Crippen molar-refractivity contribution in [3.63, 3.8) is 0 Å². The highest BCUT2D eigenvalue weighted by atomic mass is 16.5. The van der Waals surface area contributed by atoms with E-state index in [2.05, 4.69) is 17.2 Å². The van der Waals surface area contributed by atoms with E-state index in [-0.39, 0.29) is 18.4 Å². The molecule has 0 saturated carbocycles. The van der Waals surface area contributed by atoms with Crippen molar-refractivity contribution in [2.24, 2.45) is 0 Å². The summed E-state index contributed by atoms with van der Waals surface area (Å²) in [6.07, 6.45) is 0. The fourth-order valence-electron chi connectivity index (χ4n) is 2.22. The van der Waals surface area contributed by atoms with Gasteiger partial charge in [0.25, 0.3) is 5.91 Å². The van der Waals surface area contributed by atoms with Crippen LogP contribution in [0.15, 0.2) is 60.7 Å². The molecule has 0 fully saturated rings. The SMILES string of the molecule is C=C(C)COc1ccc(NC(=O)CNc2ccc(C(=O)N(C)C)cc2)cc1. The summed E-state index contributed by atoms with van der Waals surface area (Å²) in [6.45, 7) is 6.27. The Morgan fingerprint density at radius 2 is 1.59 bits per heavy atom. The van der Waals surface area contributed by atoms with Gasteiger partial charge in [-0.25, -0.2) is 0 Å². The molecule has 6 nitrogen and oxygen atoms in total. The number of carbonyl (C=O) groups is 2. The van der Waals surface area contributed by atoms with Crippen LogP contribution in [0.3, 0.4) is 0 Å². The van der Waals surface area contributed by atoms with E-state index in [0.717, 1.165) is 17.0 Å². The van der Waals surface area contributed by atoms with Gasteiger partial charge in [-0.2, -0.15) is 0 Å². The Bertz CT molecular complexity index is 796. The van der Waals surface area contributed by atoms with Crippen molar-refractivity contribution >= 4 is 23.2 Å². The monoisotopic (exact) mass is 367 g/mol. The molecule has 0 aliphatic carbocycles. The minimum Gasteiger partial charge on any atom is -0.489 e. The van der Waals surface area contributed by atoms with E-state index < -0.39 is 0 Å². The van der Waals surface area contributed by atoms with Crippen LogP contribution in [0.25, 0.3) is 0 Å². The number of anilines is 2. The number of ether oxygens (including phenoxy) is 1. The molecule has 0 heterocycles. The molecule has 2 rings (SSSR count). The number of carbonyl (C=O) groups excluding carboxylic acids is 2. The third kappa shape index (κ3) is 6.51. The van der Waals surface area contributed by atoms with Crippen LogP contribution in [0, 0.1) is 0 Å². The first-order valence-corrected chi connectivity index (χ1v) is 8.58. The summed E-state index contributed by atoms with van der Waals surface area (Å²) in [5.74, 6) is 0.496. The molecule has 0 atom stereocenters. The molecule has 0 unspecified atom stereocenters. The number of nitrogens with zero attached hydrogens (tertiary/aromatic N) is 1. The molecule has 0 radical (unpaired) electrons. The second kappa shape index (κ2) is 9.43. The Labute approximate surface area is 159 Å². The van der Waals surface area contributed by atoms with Crippen LogP contribution < -0.4 is 15.4 Å². The standard InChI is InChI=1S/C21H25N3O3/c1-15(2)14-27-19-11-9-18(10-12-19)23-20(25)13-22-17-7-5-16(6-8-17)21(26)24(3)4/h5-12,22H,1,13-14H2,2-4H3,(H,23,25). The predicted molar refractivity (Wildman–Crippen MR) is 108 cm³/mol. The summed E-state index contributed by atoms with van der Waals surface area (Å²) >= 11 is 0. The maximum Gasteiger partial charge on any atom is 0.253 e. The summed E-state index contributed by atoms with van der Waals surface area (Å²) < 4.78 is 5.52. The minimum atomic E-state index is -0.168. The van der Waals surface area contributed by atoms with Crippen LogP contribution in [0.5, 0.6) is 5.75 Å². The third-order valence-corrected chi connectivity index (χ3v) is 3.61. The highest BCUT2D eigenvalue weighted by molar-refractivity contribution is 5.95. The van der Waals surface area contributed by atoms with E-state index in [4.69, 9.17) is 4.74 Å². The maximum atomic E-state index is 12.1. The van der Waals surface area contributed by atoms with Gasteiger partial charge in [0, 0.05) is 31.0 Å². The molecule has 0 aliphatic heterocycles. The first-order chi connectivity index (χ1) is 12.8. The van der Waals surface area contributed by atoms with E-state index in [0.29, 0.717) is 17.9 Å². The Morgan fingerprint density at radius 1 is 1.00 bits per heavy atom. The summed E-state index contributed by atoms with van der Waals surface area (Å²) in [4.78, 5) is 25.4. The van der Waals surface area contributed by atoms with E-state index in [9.17, 15) is 9.59 Å². The van der Waals surface area contributed by atoms with Crippen molar-refractivity contribution in [1.82, 2.24) is 4.90 Å². The molecule has 0 spiro atoms. The number of rotatable bonds is 8. The predicted octanol–water partition coefficient (Wildman–Crippen LogP) is 3.39. The summed E-state index contributed by atoms with van der Waals surface area (Å²) in [5.41, 5.74) is 3.00.